The molecule has 0 unspecified atom stereocenters. The third-order valence-corrected chi connectivity index (χ3v) is 3.43. The molecule has 0 aliphatic heterocycles. The highest BCUT2D eigenvalue weighted by Gasteiger charge is 2.30. The van der Waals surface area contributed by atoms with Crippen LogP contribution in [0.3, 0.4) is 0 Å². The molecule has 1 aromatic heterocycles. The normalized spacial score (nSPS) is 12.6. The molecule has 0 bridgehead atoms. The lowest BCUT2D eigenvalue weighted by molar-refractivity contribution is -0.137. The number of rotatable bonds is 4. The summed E-state index contributed by atoms with van der Waals surface area (Å²) in [4.78, 5) is 7.04. The van der Waals surface area contributed by atoms with Crippen LogP contribution in [0, 0.1) is 6.92 Å². The van der Waals surface area contributed by atoms with Crippen molar-refractivity contribution in [2.45, 2.75) is 19.7 Å². The Hall–Kier alpha value is -1.87. The van der Waals surface area contributed by atoms with Crippen LogP contribution in [-0.4, -0.2) is 24.6 Å². The largest absolute Gasteiger partial charge is 0.416 e. The van der Waals surface area contributed by atoms with Crippen molar-refractivity contribution in [2.75, 3.05) is 6.26 Å². The van der Waals surface area contributed by atoms with Gasteiger partial charge in [-0.05, 0) is 19.1 Å². The quantitative estimate of drug-likeness (QED) is 0.873. The maximum absolute atomic E-state index is 12.5. The van der Waals surface area contributed by atoms with Crippen LogP contribution in [0.2, 0.25) is 0 Å². The average molecular weight is 334 g/mol. The number of aromatic amines is 1. The fraction of sp³-hybridized carbons (Fsp3) is 0.308. The Bertz CT molecular complexity index is 765. The molecule has 9 heteroatoms. The fourth-order valence-corrected chi connectivity index (χ4v) is 2.08. The van der Waals surface area contributed by atoms with Gasteiger partial charge in [0.15, 0.2) is 0 Å². The topological polar surface area (TPSA) is 72.0 Å². The average Bonchev–Trinajstić information content (AvgIpc) is 2.76. The van der Waals surface area contributed by atoms with Crippen LogP contribution in [0.25, 0.3) is 11.4 Å². The highest BCUT2D eigenvalue weighted by Crippen LogP contribution is 2.30. The van der Waals surface area contributed by atoms with E-state index >= 15 is 0 Å². The molecule has 0 amide bonds. The fourth-order valence-electron chi connectivity index (χ4n) is 1.75. The Morgan fingerprint density at radius 1 is 1.23 bits per heavy atom. The first-order chi connectivity index (χ1) is 10.1. The molecule has 0 saturated carbocycles. The maximum atomic E-state index is 12.5. The molecule has 5 nitrogen and oxygen atoms in total. The van der Waals surface area contributed by atoms with E-state index < -0.39 is 21.9 Å². The number of hydrogen-bond acceptors (Lipinski definition) is 4. The minimum absolute atomic E-state index is 0.234. The van der Waals surface area contributed by atoms with Gasteiger partial charge in [0.05, 0.1) is 17.5 Å². The second-order valence-electron chi connectivity index (χ2n) is 4.70. The molecular weight excluding hydrogens is 321 g/mol. The van der Waals surface area contributed by atoms with Crippen LogP contribution >= 0.6 is 0 Å². The van der Waals surface area contributed by atoms with Crippen molar-refractivity contribution in [2.24, 2.45) is 0 Å². The monoisotopic (exact) mass is 334 g/mol. The number of hydrogen-bond donors (Lipinski definition) is 1. The van der Waals surface area contributed by atoms with Gasteiger partial charge in [-0.25, -0.2) is 4.98 Å². The van der Waals surface area contributed by atoms with E-state index in [1.807, 2.05) is 0 Å². The number of nitrogens with one attached hydrogen (secondary N) is 1. The predicted octanol–water partition coefficient (Wildman–Crippen LogP) is 2.88. The second-order valence-corrected chi connectivity index (χ2v) is 6.34. The molecule has 0 saturated heterocycles. The van der Waals surface area contributed by atoms with Gasteiger partial charge >= 0.3 is 6.18 Å². The van der Waals surface area contributed by atoms with Gasteiger partial charge in [0, 0.05) is 11.3 Å². The molecular formula is C13H13F3N2O3S. The molecule has 0 atom stereocenters. The first-order valence-corrected chi connectivity index (χ1v) is 7.95. The number of aryl methyl sites for hydroxylation is 1. The van der Waals surface area contributed by atoms with E-state index in [4.69, 9.17) is 0 Å². The molecule has 22 heavy (non-hydrogen) atoms. The summed E-state index contributed by atoms with van der Waals surface area (Å²) in [5.41, 5.74) is 0.667. The summed E-state index contributed by atoms with van der Waals surface area (Å²) >= 11 is 0. The standard InChI is InChI=1S/C13H13F3N2O3S/c1-8-11(7-21-22(2,19)20)18-12(17-8)9-3-5-10(6-4-9)13(14,15)16/h3-6H,7H2,1-2H3,(H,17,18). The molecule has 120 valence electrons. The number of aromatic nitrogens is 2. The molecule has 1 heterocycles. The van der Waals surface area contributed by atoms with Crippen molar-refractivity contribution in [3.63, 3.8) is 0 Å². The number of H-pyrrole nitrogens is 1. The first-order valence-electron chi connectivity index (χ1n) is 6.14. The summed E-state index contributed by atoms with van der Waals surface area (Å²) < 4.78 is 64.1. The van der Waals surface area contributed by atoms with Crippen LogP contribution < -0.4 is 0 Å². The Kier molecular flexibility index (Phi) is 4.30. The summed E-state index contributed by atoms with van der Waals surface area (Å²) in [6.07, 6.45) is -3.47. The van der Waals surface area contributed by atoms with E-state index in [1.54, 1.807) is 6.92 Å². The first kappa shape index (κ1) is 16.5. The molecule has 0 spiro atoms. The van der Waals surface area contributed by atoms with E-state index in [1.165, 1.54) is 12.1 Å². The van der Waals surface area contributed by atoms with Gasteiger partial charge in [-0.3, -0.25) is 4.18 Å². The minimum atomic E-state index is -4.40. The Morgan fingerprint density at radius 2 is 1.82 bits per heavy atom. The van der Waals surface area contributed by atoms with Crippen molar-refractivity contribution >= 4 is 10.1 Å². The molecule has 1 aromatic carbocycles. The Morgan fingerprint density at radius 3 is 2.32 bits per heavy atom. The van der Waals surface area contributed by atoms with Crippen LogP contribution in [0.15, 0.2) is 24.3 Å². The van der Waals surface area contributed by atoms with Crippen molar-refractivity contribution < 1.29 is 25.8 Å². The maximum Gasteiger partial charge on any atom is 0.416 e. The number of imidazole rings is 1. The van der Waals surface area contributed by atoms with Gasteiger partial charge in [-0.15, -0.1) is 0 Å². The highest BCUT2D eigenvalue weighted by molar-refractivity contribution is 7.85. The van der Waals surface area contributed by atoms with E-state index in [0.29, 0.717) is 22.8 Å². The number of benzene rings is 1. The molecule has 0 radical (unpaired) electrons. The van der Waals surface area contributed by atoms with E-state index in [0.717, 1.165) is 18.4 Å². The van der Waals surface area contributed by atoms with Crippen molar-refractivity contribution in [1.82, 2.24) is 9.97 Å². The zero-order valence-electron chi connectivity index (χ0n) is 11.7. The highest BCUT2D eigenvalue weighted by atomic mass is 32.2. The summed E-state index contributed by atoms with van der Waals surface area (Å²) in [6.45, 7) is 1.43. The molecule has 1 N–H and O–H groups in total. The van der Waals surface area contributed by atoms with Crippen molar-refractivity contribution in [3.05, 3.63) is 41.2 Å². The zero-order valence-corrected chi connectivity index (χ0v) is 12.5. The number of halogens is 3. The predicted molar refractivity (Wildman–Crippen MR) is 73.4 cm³/mol. The second kappa shape index (κ2) is 5.73. The third-order valence-electron chi connectivity index (χ3n) is 2.88. The van der Waals surface area contributed by atoms with Gasteiger partial charge < -0.3 is 4.98 Å². The van der Waals surface area contributed by atoms with E-state index in [-0.39, 0.29) is 6.61 Å². The summed E-state index contributed by atoms with van der Waals surface area (Å²) in [5.74, 6) is 0.346. The Balaban J connectivity index is 2.23. The molecule has 2 rings (SSSR count). The molecule has 0 aliphatic rings. The van der Waals surface area contributed by atoms with E-state index in [9.17, 15) is 21.6 Å². The SMILES string of the molecule is Cc1[nH]c(-c2ccc(C(F)(F)F)cc2)nc1COS(C)(=O)=O. The summed E-state index contributed by atoms with van der Waals surface area (Å²) in [7, 11) is -3.60. The third kappa shape index (κ3) is 4.08. The number of nitrogens with zero attached hydrogens (tertiary/aromatic N) is 1. The van der Waals surface area contributed by atoms with Crippen LogP contribution in [0.1, 0.15) is 17.0 Å². The number of alkyl halides is 3. The van der Waals surface area contributed by atoms with Gasteiger partial charge in [0.25, 0.3) is 10.1 Å². The van der Waals surface area contributed by atoms with Gasteiger partial charge in [-0.2, -0.15) is 21.6 Å². The van der Waals surface area contributed by atoms with Crippen LogP contribution in [0.5, 0.6) is 0 Å². The van der Waals surface area contributed by atoms with Gasteiger partial charge in [0.1, 0.15) is 12.4 Å². The van der Waals surface area contributed by atoms with E-state index in [2.05, 4.69) is 14.2 Å². The molecule has 0 fully saturated rings. The van der Waals surface area contributed by atoms with Crippen LogP contribution in [0.4, 0.5) is 13.2 Å². The van der Waals surface area contributed by atoms with Gasteiger partial charge in [0.2, 0.25) is 0 Å². The molecule has 0 aliphatic carbocycles. The van der Waals surface area contributed by atoms with Crippen molar-refractivity contribution in [3.8, 4) is 11.4 Å². The lowest BCUT2D eigenvalue weighted by Crippen LogP contribution is -2.04. The Labute approximate surface area is 125 Å². The van der Waals surface area contributed by atoms with Crippen molar-refractivity contribution in [1.29, 1.82) is 0 Å². The van der Waals surface area contributed by atoms with Gasteiger partial charge in [-0.1, -0.05) is 12.1 Å². The van der Waals surface area contributed by atoms with Crippen LogP contribution in [-0.2, 0) is 27.1 Å². The summed E-state index contributed by atoms with van der Waals surface area (Å²) in [6, 6.07) is 4.50. The molecule has 2 aromatic rings. The lowest BCUT2D eigenvalue weighted by Gasteiger charge is -2.06. The minimum Gasteiger partial charge on any atom is -0.342 e. The summed E-state index contributed by atoms with van der Waals surface area (Å²) in [5, 5.41) is 0. The lowest BCUT2D eigenvalue weighted by atomic mass is 10.1. The smallest absolute Gasteiger partial charge is 0.342 e. The zero-order chi connectivity index (χ0) is 16.5.